The van der Waals surface area contributed by atoms with E-state index in [0.29, 0.717) is 17.6 Å². The standard InChI is InChI=1S/C20H22O6/c1-8-6-12(21)14-9(2)7-13(24-19(23)20(5)11(4)26-20)16-10(3)18(22)25-17(16)15(8)14/h6,11,13,15-17H,3,7H2,1-2,4-5H3/t11?,13-,15+,16-,17-,20?/m1/s1. The van der Waals surface area contributed by atoms with Gasteiger partial charge >= 0.3 is 11.9 Å². The molecule has 4 rings (SSSR count). The molecule has 0 N–H and O–H groups in total. The fourth-order valence-corrected chi connectivity index (χ4v) is 4.43. The van der Waals surface area contributed by atoms with Crippen molar-refractivity contribution in [3.63, 3.8) is 0 Å². The van der Waals surface area contributed by atoms with E-state index in [-0.39, 0.29) is 17.8 Å². The molecule has 0 bridgehead atoms. The number of fused-ring (bicyclic) bond motifs is 3. The third-order valence-electron chi connectivity index (χ3n) is 6.19. The van der Waals surface area contributed by atoms with Crippen LogP contribution < -0.4 is 0 Å². The second-order valence-electron chi connectivity index (χ2n) is 7.86. The molecule has 6 nitrogen and oxygen atoms in total. The molecule has 2 fully saturated rings. The van der Waals surface area contributed by atoms with Gasteiger partial charge in [-0.2, -0.15) is 0 Å². The van der Waals surface area contributed by atoms with Crippen molar-refractivity contribution in [2.75, 3.05) is 0 Å². The van der Waals surface area contributed by atoms with E-state index in [2.05, 4.69) is 6.58 Å². The smallest absolute Gasteiger partial charge is 0.341 e. The summed E-state index contributed by atoms with van der Waals surface area (Å²) < 4.78 is 16.7. The molecule has 2 unspecified atom stereocenters. The van der Waals surface area contributed by atoms with Gasteiger partial charge in [-0.15, -0.1) is 0 Å². The van der Waals surface area contributed by atoms with Crippen LogP contribution >= 0.6 is 0 Å². The minimum Gasteiger partial charge on any atom is -0.459 e. The Labute approximate surface area is 151 Å². The molecule has 2 aliphatic heterocycles. The Kier molecular flexibility index (Phi) is 3.57. The predicted molar refractivity (Wildman–Crippen MR) is 90.9 cm³/mol. The van der Waals surface area contributed by atoms with Crippen molar-refractivity contribution in [3.8, 4) is 0 Å². The highest BCUT2D eigenvalue weighted by atomic mass is 16.7. The fraction of sp³-hybridized carbons (Fsp3) is 0.550. The molecular formula is C20H22O6. The summed E-state index contributed by atoms with van der Waals surface area (Å²) in [5.74, 6) is -1.78. The molecule has 0 radical (unpaired) electrons. The lowest BCUT2D eigenvalue weighted by molar-refractivity contribution is -0.158. The van der Waals surface area contributed by atoms with Crippen LogP contribution in [-0.2, 0) is 28.6 Å². The summed E-state index contributed by atoms with van der Waals surface area (Å²) in [6.07, 6.45) is 0.576. The van der Waals surface area contributed by atoms with Crippen LogP contribution in [0.4, 0.5) is 0 Å². The quantitative estimate of drug-likeness (QED) is 0.427. The lowest BCUT2D eigenvalue weighted by Crippen LogP contribution is -2.38. The van der Waals surface area contributed by atoms with Crippen molar-refractivity contribution in [2.24, 2.45) is 11.8 Å². The average molecular weight is 358 g/mol. The van der Waals surface area contributed by atoms with Crippen molar-refractivity contribution in [1.29, 1.82) is 0 Å². The molecule has 6 heteroatoms. The molecule has 0 aromatic heterocycles. The van der Waals surface area contributed by atoms with E-state index >= 15 is 0 Å². The number of ketones is 1. The van der Waals surface area contributed by atoms with Gasteiger partial charge in [0, 0.05) is 23.5 Å². The summed E-state index contributed by atoms with van der Waals surface area (Å²) in [5, 5.41) is 0. The predicted octanol–water partition coefficient (Wildman–Crippen LogP) is 2.04. The minimum absolute atomic E-state index is 0.0598. The Morgan fingerprint density at radius 1 is 1.35 bits per heavy atom. The average Bonchev–Trinajstić information content (AvgIpc) is 2.95. The van der Waals surface area contributed by atoms with E-state index < -0.39 is 35.7 Å². The maximum Gasteiger partial charge on any atom is 0.341 e. The number of carbonyl (C=O) groups is 3. The number of hydrogen-bond donors (Lipinski definition) is 0. The van der Waals surface area contributed by atoms with Crippen LogP contribution in [-0.4, -0.2) is 41.6 Å². The maximum atomic E-state index is 12.6. The van der Waals surface area contributed by atoms with Crippen molar-refractivity contribution in [2.45, 2.75) is 58.0 Å². The van der Waals surface area contributed by atoms with Gasteiger partial charge in [0.25, 0.3) is 0 Å². The van der Waals surface area contributed by atoms with Crippen molar-refractivity contribution < 1.29 is 28.6 Å². The molecule has 138 valence electrons. The van der Waals surface area contributed by atoms with Crippen molar-refractivity contribution >= 4 is 17.7 Å². The molecule has 0 amide bonds. The van der Waals surface area contributed by atoms with Gasteiger partial charge in [0.05, 0.1) is 12.0 Å². The van der Waals surface area contributed by atoms with Crippen LogP contribution in [0.25, 0.3) is 0 Å². The molecule has 0 aromatic rings. The van der Waals surface area contributed by atoms with Gasteiger partial charge in [0.1, 0.15) is 12.2 Å². The van der Waals surface area contributed by atoms with Crippen molar-refractivity contribution in [3.05, 3.63) is 34.9 Å². The molecule has 0 spiro atoms. The highest BCUT2D eigenvalue weighted by Gasteiger charge is 2.59. The van der Waals surface area contributed by atoms with Crippen LogP contribution in [0.2, 0.25) is 0 Å². The van der Waals surface area contributed by atoms with Gasteiger partial charge in [-0.3, -0.25) is 4.79 Å². The third kappa shape index (κ3) is 2.24. The molecule has 26 heavy (non-hydrogen) atoms. The number of esters is 2. The van der Waals surface area contributed by atoms with E-state index in [9.17, 15) is 14.4 Å². The summed E-state index contributed by atoms with van der Waals surface area (Å²) in [6, 6.07) is 0. The first-order valence-corrected chi connectivity index (χ1v) is 8.86. The van der Waals surface area contributed by atoms with Gasteiger partial charge in [-0.25, -0.2) is 9.59 Å². The van der Waals surface area contributed by atoms with Crippen LogP contribution in [0.15, 0.2) is 34.9 Å². The monoisotopic (exact) mass is 358 g/mol. The normalized spacial score (nSPS) is 41.3. The highest BCUT2D eigenvalue weighted by molar-refractivity contribution is 6.09. The molecule has 6 atom stereocenters. The number of hydrogen-bond acceptors (Lipinski definition) is 6. The Hall–Kier alpha value is -2.21. The minimum atomic E-state index is -0.949. The van der Waals surface area contributed by atoms with Crippen LogP contribution in [0.5, 0.6) is 0 Å². The Balaban J connectivity index is 1.72. The SMILES string of the molecule is C=C1C(=O)O[C@@H]2[C@H]3C(C)=CC(=O)C3=C(C)C[C@@H](OC(=O)C3(C)OC3C)[C@@H]12. The molecule has 2 saturated heterocycles. The lowest BCUT2D eigenvalue weighted by atomic mass is 9.82. The number of rotatable bonds is 2. The van der Waals surface area contributed by atoms with Crippen LogP contribution in [0, 0.1) is 11.8 Å². The summed E-state index contributed by atoms with van der Waals surface area (Å²) in [7, 11) is 0. The number of epoxide rings is 1. The van der Waals surface area contributed by atoms with Crippen LogP contribution in [0.1, 0.15) is 34.1 Å². The van der Waals surface area contributed by atoms with Crippen LogP contribution in [0.3, 0.4) is 0 Å². The zero-order chi connectivity index (χ0) is 19.0. The second kappa shape index (κ2) is 5.39. The molecule has 2 aliphatic carbocycles. The van der Waals surface area contributed by atoms with Gasteiger partial charge in [0.2, 0.25) is 0 Å². The molecular weight excluding hydrogens is 336 g/mol. The zero-order valence-corrected chi connectivity index (χ0v) is 15.3. The number of allylic oxidation sites excluding steroid dienone is 1. The first-order chi connectivity index (χ1) is 12.1. The first kappa shape index (κ1) is 17.2. The maximum absolute atomic E-state index is 12.6. The fourth-order valence-electron chi connectivity index (χ4n) is 4.43. The summed E-state index contributed by atoms with van der Waals surface area (Å²) in [6.45, 7) is 11.1. The molecule has 0 saturated carbocycles. The number of carbonyl (C=O) groups excluding carboxylic acids is 3. The summed E-state index contributed by atoms with van der Waals surface area (Å²) in [5.41, 5.74) is 1.72. The van der Waals surface area contributed by atoms with E-state index in [1.807, 2.05) is 20.8 Å². The Morgan fingerprint density at radius 2 is 2.00 bits per heavy atom. The molecule has 0 aromatic carbocycles. The van der Waals surface area contributed by atoms with Gasteiger partial charge in [-0.05, 0) is 33.8 Å². The summed E-state index contributed by atoms with van der Waals surface area (Å²) >= 11 is 0. The molecule has 2 heterocycles. The molecule has 4 aliphatic rings. The van der Waals surface area contributed by atoms with Crippen molar-refractivity contribution in [1.82, 2.24) is 0 Å². The van der Waals surface area contributed by atoms with E-state index in [1.165, 1.54) is 0 Å². The topological polar surface area (TPSA) is 82.2 Å². The second-order valence-corrected chi connectivity index (χ2v) is 7.86. The lowest BCUT2D eigenvalue weighted by Gasteiger charge is -2.28. The highest BCUT2D eigenvalue weighted by Crippen LogP contribution is 2.49. The van der Waals surface area contributed by atoms with Gasteiger partial charge < -0.3 is 14.2 Å². The largest absolute Gasteiger partial charge is 0.459 e. The van der Waals surface area contributed by atoms with E-state index in [1.54, 1.807) is 13.0 Å². The third-order valence-corrected chi connectivity index (χ3v) is 6.19. The Morgan fingerprint density at radius 3 is 2.62 bits per heavy atom. The van der Waals surface area contributed by atoms with Gasteiger partial charge in [-0.1, -0.05) is 17.7 Å². The van der Waals surface area contributed by atoms with E-state index in [0.717, 1.165) is 11.1 Å². The summed E-state index contributed by atoms with van der Waals surface area (Å²) in [4.78, 5) is 37.2. The van der Waals surface area contributed by atoms with Gasteiger partial charge in [0.15, 0.2) is 11.4 Å². The number of ether oxygens (including phenoxy) is 3. The zero-order valence-electron chi connectivity index (χ0n) is 15.3. The Bertz CT molecular complexity index is 818. The first-order valence-electron chi connectivity index (χ1n) is 8.86. The van der Waals surface area contributed by atoms with E-state index in [4.69, 9.17) is 14.2 Å².